The number of nitrogens with zero attached hydrogens (tertiary/aromatic N) is 1. The Balaban J connectivity index is 1.48. The molecule has 1 saturated carbocycles. The molecule has 25 heavy (non-hydrogen) atoms. The van der Waals surface area contributed by atoms with Crippen molar-refractivity contribution in [3.63, 3.8) is 0 Å². The first-order valence-corrected chi connectivity index (χ1v) is 9.74. The normalized spacial score (nSPS) is 25.8. The van der Waals surface area contributed by atoms with Crippen molar-refractivity contribution in [2.45, 2.75) is 50.7 Å². The molecule has 3 rings (SSSR count). The van der Waals surface area contributed by atoms with Gasteiger partial charge in [0, 0.05) is 31.6 Å². The van der Waals surface area contributed by atoms with E-state index in [4.69, 9.17) is 23.2 Å². The molecule has 1 aromatic rings. The third kappa shape index (κ3) is 4.48. The van der Waals surface area contributed by atoms with Crippen LogP contribution in [-0.4, -0.2) is 47.2 Å². The number of carbonyl (C=O) groups is 1. The number of amides is 1. The molecule has 2 atom stereocenters. The van der Waals surface area contributed by atoms with Crippen LogP contribution in [-0.2, 0) is 4.79 Å². The van der Waals surface area contributed by atoms with Crippen molar-refractivity contribution in [3.05, 3.63) is 33.8 Å². The van der Waals surface area contributed by atoms with Gasteiger partial charge < -0.3 is 15.3 Å². The van der Waals surface area contributed by atoms with Gasteiger partial charge >= 0.3 is 0 Å². The lowest BCUT2D eigenvalue weighted by Gasteiger charge is -2.40. The van der Waals surface area contributed by atoms with E-state index in [1.165, 1.54) is 0 Å². The molecular formula is C19H26Cl2N2O2. The summed E-state index contributed by atoms with van der Waals surface area (Å²) in [6.07, 6.45) is 2.22. The molecule has 1 saturated heterocycles. The van der Waals surface area contributed by atoms with Gasteiger partial charge in [-0.25, -0.2) is 0 Å². The Morgan fingerprint density at radius 2 is 2.00 bits per heavy atom. The summed E-state index contributed by atoms with van der Waals surface area (Å²) >= 11 is 12.0. The minimum atomic E-state index is -0.783. The van der Waals surface area contributed by atoms with Crippen LogP contribution in [0.4, 0.5) is 0 Å². The summed E-state index contributed by atoms with van der Waals surface area (Å²) in [5, 5.41) is 14.7. The zero-order valence-corrected chi connectivity index (χ0v) is 16.3. The SMILES string of the molecule is CC(C)N1CCC(O)(CNC(=O)[C@@H]2C[C@H]2c2ccc(Cl)c(Cl)c2)CC1. The first-order chi connectivity index (χ1) is 11.8. The van der Waals surface area contributed by atoms with Crippen molar-refractivity contribution in [2.24, 2.45) is 5.92 Å². The summed E-state index contributed by atoms with van der Waals surface area (Å²) in [6.45, 7) is 6.42. The van der Waals surface area contributed by atoms with Gasteiger partial charge in [0.15, 0.2) is 0 Å². The summed E-state index contributed by atoms with van der Waals surface area (Å²) in [5.74, 6) is 0.194. The summed E-state index contributed by atoms with van der Waals surface area (Å²) in [7, 11) is 0. The number of rotatable bonds is 5. The molecule has 4 nitrogen and oxygen atoms in total. The lowest BCUT2D eigenvalue weighted by atomic mass is 9.90. The molecule has 0 unspecified atom stereocenters. The molecule has 1 heterocycles. The molecule has 0 bridgehead atoms. The standard InChI is InChI=1S/C19H26Cl2N2O2/c1-12(2)23-7-5-19(25,6-8-23)11-22-18(24)15-10-14(15)13-3-4-16(20)17(21)9-13/h3-4,9,12,14-15,25H,5-8,10-11H2,1-2H3,(H,22,24)/t14-,15+/m0/s1. The second kappa shape index (κ2) is 7.43. The molecule has 138 valence electrons. The minimum Gasteiger partial charge on any atom is -0.388 e. The summed E-state index contributed by atoms with van der Waals surface area (Å²) in [4.78, 5) is 14.8. The van der Waals surface area contributed by atoms with Gasteiger partial charge in [-0.15, -0.1) is 0 Å². The highest BCUT2D eigenvalue weighted by Crippen LogP contribution is 2.48. The number of hydrogen-bond donors (Lipinski definition) is 2. The third-order valence-electron chi connectivity index (χ3n) is 5.55. The van der Waals surface area contributed by atoms with Crippen LogP contribution in [0, 0.1) is 5.92 Å². The van der Waals surface area contributed by atoms with E-state index in [1.807, 2.05) is 12.1 Å². The van der Waals surface area contributed by atoms with E-state index in [9.17, 15) is 9.90 Å². The monoisotopic (exact) mass is 384 g/mol. The van der Waals surface area contributed by atoms with Crippen LogP contribution in [0.1, 0.15) is 44.6 Å². The van der Waals surface area contributed by atoms with E-state index in [0.29, 0.717) is 35.5 Å². The van der Waals surface area contributed by atoms with Gasteiger partial charge in [0.25, 0.3) is 0 Å². The van der Waals surface area contributed by atoms with Gasteiger partial charge in [-0.05, 0) is 56.7 Å². The van der Waals surface area contributed by atoms with Crippen LogP contribution >= 0.6 is 23.2 Å². The highest BCUT2D eigenvalue weighted by atomic mass is 35.5. The Kier molecular flexibility index (Phi) is 5.64. The Morgan fingerprint density at radius 3 is 2.60 bits per heavy atom. The Hall–Kier alpha value is -0.810. The number of likely N-dealkylation sites (tertiary alicyclic amines) is 1. The number of carbonyl (C=O) groups excluding carboxylic acids is 1. The van der Waals surface area contributed by atoms with E-state index in [1.54, 1.807) is 6.07 Å². The maximum absolute atomic E-state index is 12.4. The number of hydrogen-bond acceptors (Lipinski definition) is 3. The minimum absolute atomic E-state index is 0.0239. The van der Waals surface area contributed by atoms with Crippen molar-refractivity contribution >= 4 is 29.1 Å². The molecular weight excluding hydrogens is 359 g/mol. The third-order valence-corrected chi connectivity index (χ3v) is 6.29. The van der Waals surface area contributed by atoms with E-state index < -0.39 is 5.60 Å². The van der Waals surface area contributed by atoms with Crippen molar-refractivity contribution in [2.75, 3.05) is 19.6 Å². The lowest BCUT2D eigenvalue weighted by molar-refractivity contribution is -0.124. The van der Waals surface area contributed by atoms with Gasteiger partial charge in [-0.2, -0.15) is 0 Å². The topological polar surface area (TPSA) is 52.6 Å². The predicted octanol–water partition coefficient (Wildman–Crippen LogP) is 3.45. The van der Waals surface area contributed by atoms with Gasteiger partial charge in [0.05, 0.1) is 15.6 Å². The zero-order chi connectivity index (χ0) is 18.2. The summed E-state index contributed by atoms with van der Waals surface area (Å²) in [5.41, 5.74) is 0.271. The maximum Gasteiger partial charge on any atom is 0.223 e. The van der Waals surface area contributed by atoms with Gasteiger partial charge in [0.1, 0.15) is 0 Å². The molecule has 2 aliphatic rings. The van der Waals surface area contributed by atoms with Crippen molar-refractivity contribution < 1.29 is 9.90 Å². The number of aliphatic hydroxyl groups is 1. The van der Waals surface area contributed by atoms with Gasteiger partial charge in [-0.1, -0.05) is 29.3 Å². The summed E-state index contributed by atoms with van der Waals surface area (Å²) in [6, 6.07) is 6.05. The van der Waals surface area contributed by atoms with E-state index in [0.717, 1.165) is 25.1 Å². The molecule has 6 heteroatoms. The molecule has 0 spiro atoms. The molecule has 2 N–H and O–H groups in total. The molecule has 1 aliphatic carbocycles. The average molecular weight is 385 g/mol. The van der Waals surface area contributed by atoms with Crippen LogP contribution in [0.3, 0.4) is 0 Å². The molecule has 1 aromatic carbocycles. The Bertz CT molecular complexity index is 642. The number of nitrogens with one attached hydrogen (secondary N) is 1. The molecule has 0 aromatic heterocycles. The fourth-order valence-corrected chi connectivity index (χ4v) is 3.92. The van der Waals surface area contributed by atoms with Crippen LogP contribution in [0.2, 0.25) is 10.0 Å². The smallest absolute Gasteiger partial charge is 0.223 e. The molecule has 1 aliphatic heterocycles. The first kappa shape index (κ1) is 19.0. The first-order valence-electron chi connectivity index (χ1n) is 8.98. The van der Waals surface area contributed by atoms with Crippen LogP contribution in [0.5, 0.6) is 0 Å². The Morgan fingerprint density at radius 1 is 1.32 bits per heavy atom. The fraction of sp³-hybridized carbons (Fsp3) is 0.632. The predicted molar refractivity (Wildman–Crippen MR) is 101 cm³/mol. The summed E-state index contributed by atoms with van der Waals surface area (Å²) < 4.78 is 0. The average Bonchev–Trinajstić information content (AvgIpc) is 3.36. The zero-order valence-electron chi connectivity index (χ0n) is 14.8. The lowest BCUT2D eigenvalue weighted by Crippen LogP contribution is -2.52. The second-order valence-corrected chi connectivity index (χ2v) is 8.51. The van der Waals surface area contributed by atoms with Crippen LogP contribution in [0.15, 0.2) is 18.2 Å². The van der Waals surface area contributed by atoms with Crippen molar-refractivity contribution in [1.82, 2.24) is 10.2 Å². The fourth-order valence-electron chi connectivity index (χ4n) is 3.61. The molecule has 2 fully saturated rings. The van der Waals surface area contributed by atoms with Crippen LogP contribution in [0.25, 0.3) is 0 Å². The van der Waals surface area contributed by atoms with E-state index in [-0.39, 0.29) is 17.7 Å². The van der Waals surface area contributed by atoms with Crippen molar-refractivity contribution in [3.8, 4) is 0 Å². The van der Waals surface area contributed by atoms with Gasteiger partial charge in [-0.3, -0.25) is 4.79 Å². The highest BCUT2D eigenvalue weighted by molar-refractivity contribution is 6.42. The maximum atomic E-state index is 12.4. The van der Waals surface area contributed by atoms with Crippen LogP contribution < -0.4 is 5.32 Å². The molecule has 0 radical (unpaired) electrons. The van der Waals surface area contributed by atoms with Gasteiger partial charge in [0.2, 0.25) is 5.91 Å². The molecule has 1 amide bonds. The quantitative estimate of drug-likeness (QED) is 0.817. The van der Waals surface area contributed by atoms with Crippen molar-refractivity contribution in [1.29, 1.82) is 0 Å². The Labute approximate surface area is 159 Å². The number of benzene rings is 1. The highest BCUT2D eigenvalue weighted by Gasteiger charge is 2.44. The number of piperidine rings is 1. The number of halogens is 2. The van der Waals surface area contributed by atoms with E-state index >= 15 is 0 Å². The largest absolute Gasteiger partial charge is 0.388 e. The second-order valence-electron chi connectivity index (χ2n) is 7.69. The van der Waals surface area contributed by atoms with E-state index in [2.05, 4.69) is 24.1 Å².